The number of hydrogen-bond donors (Lipinski definition) is 1. The minimum atomic E-state index is -0.662. The molecule has 0 saturated carbocycles. The zero-order valence-corrected chi connectivity index (χ0v) is 22.6. The molecule has 0 saturated heterocycles. The van der Waals surface area contributed by atoms with Crippen molar-refractivity contribution in [3.8, 4) is 28.6 Å². The van der Waals surface area contributed by atoms with Crippen LogP contribution in [0.2, 0.25) is 0 Å². The molecule has 1 N–H and O–H groups in total. The molecule has 0 aliphatic heterocycles. The van der Waals surface area contributed by atoms with Gasteiger partial charge in [-0.3, -0.25) is 4.79 Å². The number of ether oxygens (including phenoxy) is 5. The number of carbonyl (C=O) groups is 3. The van der Waals surface area contributed by atoms with Gasteiger partial charge in [-0.2, -0.15) is 0 Å². The van der Waals surface area contributed by atoms with Gasteiger partial charge in [-0.25, -0.2) is 9.59 Å². The largest absolute Gasteiger partial charge is 0.493 e. The van der Waals surface area contributed by atoms with Gasteiger partial charge < -0.3 is 33.6 Å². The van der Waals surface area contributed by atoms with Crippen LogP contribution in [-0.4, -0.2) is 73.9 Å². The first-order valence-electron chi connectivity index (χ1n) is 11.3. The number of amides is 1. The number of rotatable bonds is 11. The fourth-order valence-corrected chi connectivity index (χ4v) is 4.40. The topological polar surface area (TPSA) is 140 Å². The normalized spacial score (nSPS) is 10.5. The van der Waals surface area contributed by atoms with Crippen LogP contribution in [0.25, 0.3) is 11.4 Å². The molecule has 1 heterocycles. The third-order valence-corrected chi connectivity index (χ3v) is 6.38. The summed E-state index contributed by atoms with van der Waals surface area (Å²) in [6.45, 7) is 2.45. The Morgan fingerprint density at radius 3 is 2.11 bits per heavy atom. The number of carbonyl (C=O) groups excluding carboxylic acids is 3. The number of methoxy groups -OCH3 is 5. The van der Waals surface area contributed by atoms with E-state index in [-0.39, 0.29) is 22.6 Å². The summed E-state index contributed by atoms with van der Waals surface area (Å²) in [6, 6.07) is 7.69. The van der Waals surface area contributed by atoms with E-state index < -0.39 is 17.8 Å². The Hall–Kier alpha value is -4.26. The van der Waals surface area contributed by atoms with Crippen molar-refractivity contribution in [1.82, 2.24) is 14.8 Å². The van der Waals surface area contributed by atoms with E-state index in [9.17, 15) is 14.4 Å². The Balaban J connectivity index is 1.83. The van der Waals surface area contributed by atoms with Crippen molar-refractivity contribution in [1.29, 1.82) is 0 Å². The molecule has 0 atom stereocenters. The monoisotopic (exact) mass is 544 g/mol. The van der Waals surface area contributed by atoms with Gasteiger partial charge in [0.05, 0.1) is 58.1 Å². The molecule has 2 aromatic carbocycles. The van der Waals surface area contributed by atoms with E-state index in [1.165, 1.54) is 53.7 Å². The minimum absolute atomic E-state index is 0.0452. The molecule has 13 heteroatoms. The number of nitrogens with one attached hydrogen (secondary N) is 1. The summed E-state index contributed by atoms with van der Waals surface area (Å²) >= 11 is 1.16. The number of benzene rings is 2. The van der Waals surface area contributed by atoms with Gasteiger partial charge in [0.25, 0.3) is 0 Å². The lowest BCUT2D eigenvalue weighted by Crippen LogP contribution is -2.18. The van der Waals surface area contributed by atoms with Crippen LogP contribution >= 0.6 is 11.8 Å². The van der Waals surface area contributed by atoms with Crippen molar-refractivity contribution in [2.75, 3.05) is 46.6 Å². The lowest BCUT2D eigenvalue weighted by Gasteiger charge is -2.14. The van der Waals surface area contributed by atoms with Gasteiger partial charge in [0, 0.05) is 12.1 Å². The SMILES string of the molecule is CCn1c(SCC(=O)Nc2cc(C(=O)OC)ccc2C(=O)OC)nnc1-c1cc(OC)c(OC)c(OC)c1. The number of thioether (sulfide) groups is 1. The highest BCUT2D eigenvalue weighted by Crippen LogP contribution is 2.41. The predicted octanol–water partition coefficient (Wildman–Crippen LogP) is 3.29. The Labute approximate surface area is 223 Å². The van der Waals surface area contributed by atoms with E-state index >= 15 is 0 Å². The van der Waals surface area contributed by atoms with Gasteiger partial charge in [-0.1, -0.05) is 11.8 Å². The molecule has 0 spiro atoms. The standard InChI is InChI=1S/C25H28N4O8S/c1-7-29-22(15-11-18(33-2)21(35-4)19(12-15)34-3)27-28-25(29)38-13-20(30)26-17-10-14(23(31)36-5)8-9-16(17)24(32)37-6/h8-12H,7,13H2,1-6H3,(H,26,30). The molecule has 0 bridgehead atoms. The summed E-state index contributed by atoms with van der Waals surface area (Å²) < 4.78 is 27.6. The van der Waals surface area contributed by atoms with Gasteiger partial charge >= 0.3 is 11.9 Å². The van der Waals surface area contributed by atoms with Gasteiger partial charge in [0.1, 0.15) is 0 Å². The maximum Gasteiger partial charge on any atom is 0.339 e. The molecular weight excluding hydrogens is 516 g/mol. The first kappa shape index (κ1) is 28.3. The van der Waals surface area contributed by atoms with E-state index in [0.717, 1.165) is 11.8 Å². The Morgan fingerprint density at radius 1 is 0.895 bits per heavy atom. The molecule has 38 heavy (non-hydrogen) atoms. The van der Waals surface area contributed by atoms with Crippen LogP contribution in [0.1, 0.15) is 27.6 Å². The second-order valence-corrected chi connectivity index (χ2v) is 8.49. The first-order valence-corrected chi connectivity index (χ1v) is 12.3. The van der Waals surface area contributed by atoms with Gasteiger partial charge in [0.15, 0.2) is 22.5 Å². The summed E-state index contributed by atoms with van der Waals surface area (Å²) in [5.74, 6) is 0.196. The van der Waals surface area contributed by atoms with E-state index in [2.05, 4.69) is 15.5 Å². The number of anilines is 1. The van der Waals surface area contributed by atoms with Crippen molar-refractivity contribution < 1.29 is 38.1 Å². The van der Waals surface area contributed by atoms with Crippen LogP contribution in [-0.2, 0) is 20.8 Å². The summed E-state index contributed by atoms with van der Waals surface area (Å²) in [4.78, 5) is 36.9. The average Bonchev–Trinajstić information content (AvgIpc) is 3.37. The third kappa shape index (κ3) is 5.99. The Morgan fingerprint density at radius 2 is 1.55 bits per heavy atom. The zero-order valence-electron chi connectivity index (χ0n) is 21.8. The highest BCUT2D eigenvalue weighted by atomic mass is 32.2. The second kappa shape index (κ2) is 12.8. The van der Waals surface area contributed by atoms with Gasteiger partial charge in [0.2, 0.25) is 11.7 Å². The third-order valence-electron chi connectivity index (χ3n) is 5.41. The van der Waals surface area contributed by atoms with E-state index in [1.54, 1.807) is 12.1 Å². The highest BCUT2D eigenvalue weighted by Gasteiger charge is 2.21. The number of nitrogens with zero attached hydrogens (tertiary/aromatic N) is 3. The molecule has 3 aromatic rings. The Bertz CT molecular complexity index is 1320. The van der Waals surface area contributed by atoms with Crippen LogP contribution in [0.4, 0.5) is 5.69 Å². The van der Waals surface area contributed by atoms with Crippen LogP contribution in [0.15, 0.2) is 35.5 Å². The maximum absolute atomic E-state index is 12.8. The summed E-state index contributed by atoms with van der Waals surface area (Å²) in [5, 5.41) is 11.7. The lowest BCUT2D eigenvalue weighted by molar-refractivity contribution is -0.113. The van der Waals surface area contributed by atoms with Crippen LogP contribution in [0, 0.1) is 0 Å². The predicted molar refractivity (Wildman–Crippen MR) is 139 cm³/mol. The quantitative estimate of drug-likeness (QED) is 0.281. The number of hydrogen-bond acceptors (Lipinski definition) is 11. The molecule has 0 fully saturated rings. The molecule has 202 valence electrons. The van der Waals surface area contributed by atoms with Crippen molar-refractivity contribution in [2.45, 2.75) is 18.6 Å². The molecule has 3 rings (SSSR count). The number of esters is 2. The summed E-state index contributed by atoms with van der Waals surface area (Å²) in [5.41, 5.74) is 1.08. The first-order chi connectivity index (χ1) is 18.3. The molecule has 1 aromatic heterocycles. The number of aromatic nitrogens is 3. The molecule has 0 aliphatic rings. The zero-order chi connectivity index (χ0) is 27.8. The fourth-order valence-electron chi connectivity index (χ4n) is 3.60. The van der Waals surface area contributed by atoms with Crippen molar-refractivity contribution in [3.63, 3.8) is 0 Å². The molecular formula is C25H28N4O8S. The fraction of sp³-hybridized carbons (Fsp3) is 0.320. The second-order valence-electron chi connectivity index (χ2n) is 7.54. The molecule has 0 aliphatic carbocycles. The van der Waals surface area contributed by atoms with Crippen molar-refractivity contribution in [3.05, 3.63) is 41.5 Å². The minimum Gasteiger partial charge on any atom is -0.493 e. The lowest BCUT2D eigenvalue weighted by atomic mass is 10.1. The van der Waals surface area contributed by atoms with Gasteiger partial charge in [-0.05, 0) is 37.3 Å². The molecule has 12 nitrogen and oxygen atoms in total. The molecule has 0 radical (unpaired) electrons. The highest BCUT2D eigenvalue weighted by molar-refractivity contribution is 7.99. The van der Waals surface area contributed by atoms with Crippen LogP contribution < -0.4 is 19.5 Å². The van der Waals surface area contributed by atoms with Crippen molar-refractivity contribution >= 4 is 35.3 Å². The smallest absolute Gasteiger partial charge is 0.339 e. The van der Waals surface area contributed by atoms with E-state index in [1.807, 2.05) is 11.5 Å². The van der Waals surface area contributed by atoms with Crippen LogP contribution in [0.5, 0.6) is 17.2 Å². The Kier molecular flexibility index (Phi) is 9.55. The maximum atomic E-state index is 12.8. The molecule has 1 amide bonds. The average molecular weight is 545 g/mol. The summed E-state index contributed by atoms with van der Waals surface area (Å²) in [6.07, 6.45) is 0. The van der Waals surface area contributed by atoms with Gasteiger partial charge in [-0.15, -0.1) is 10.2 Å². The van der Waals surface area contributed by atoms with Crippen molar-refractivity contribution in [2.24, 2.45) is 0 Å². The summed E-state index contributed by atoms with van der Waals surface area (Å²) in [7, 11) is 7.03. The van der Waals surface area contributed by atoms with E-state index in [0.29, 0.717) is 40.3 Å². The van der Waals surface area contributed by atoms with Crippen LogP contribution in [0.3, 0.4) is 0 Å². The van der Waals surface area contributed by atoms with E-state index in [4.69, 9.17) is 23.7 Å². The molecule has 0 unspecified atom stereocenters.